The lowest BCUT2D eigenvalue weighted by atomic mass is 10.1. The molecule has 0 radical (unpaired) electrons. The van der Waals surface area contributed by atoms with E-state index in [0.717, 1.165) is 31.4 Å². The Kier molecular flexibility index (Phi) is 7.42. The first kappa shape index (κ1) is 18.5. The maximum absolute atomic E-state index is 7.65. The van der Waals surface area contributed by atoms with Crippen molar-refractivity contribution in [1.82, 2.24) is 5.32 Å². The largest absolute Gasteiger partial charge is 0.403 e. The van der Waals surface area contributed by atoms with Crippen LogP contribution in [0.1, 0.15) is 37.3 Å². The van der Waals surface area contributed by atoms with Gasteiger partial charge in [0.05, 0.1) is 9.91 Å². The van der Waals surface area contributed by atoms with Gasteiger partial charge in [-0.3, -0.25) is 5.41 Å². The van der Waals surface area contributed by atoms with E-state index in [0.29, 0.717) is 5.04 Å². The molecule has 3 nitrogen and oxygen atoms in total. The molecule has 0 fully saturated rings. The lowest BCUT2D eigenvalue weighted by Gasteiger charge is -2.28. The Balaban J connectivity index is 0.000000295. The quantitative estimate of drug-likeness (QED) is 0.331. The second kappa shape index (κ2) is 8.81. The van der Waals surface area contributed by atoms with Crippen molar-refractivity contribution in [2.75, 3.05) is 7.05 Å². The number of hydrogen-bond acceptors (Lipinski definition) is 4. The molecule has 4 N–H and O–H groups in total. The molecule has 0 saturated carbocycles. The summed E-state index contributed by atoms with van der Waals surface area (Å²) in [6, 6.07) is 8.53. The second-order valence-corrected chi connectivity index (χ2v) is 6.89. The summed E-state index contributed by atoms with van der Waals surface area (Å²) >= 11 is 1.62. The fourth-order valence-electron chi connectivity index (χ4n) is 2.54. The van der Waals surface area contributed by atoms with Crippen molar-refractivity contribution in [1.29, 1.82) is 5.41 Å². The first-order chi connectivity index (χ1) is 10.4. The summed E-state index contributed by atoms with van der Waals surface area (Å²) in [6.45, 7) is 8.91. The van der Waals surface area contributed by atoms with Crippen molar-refractivity contribution in [2.45, 2.75) is 37.5 Å². The van der Waals surface area contributed by atoms with Crippen LogP contribution in [0.5, 0.6) is 0 Å². The zero-order valence-electron chi connectivity index (χ0n) is 13.6. The number of nitrogens with two attached hydrogens (primary N) is 1. The van der Waals surface area contributed by atoms with Gasteiger partial charge in [-0.1, -0.05) is 48.7 Å². The molecule has 0 saturated heterocycles. The monoisotopic (exact) mass is 317 g/mol. The Hall–Kier alpha value is -1.52. The van der Waals surface area contributed by atoms with Gasteiger partial charge in [0.25, 0.3) is 0 Å². The minimum Gasteiger partial charge on any atom is -0.403 e. The summed E-state index contributed by atoms with van der Waals surface area (Å²) in [7, 11) is 1.98. The van der Waals surface area contributed by atoms with E-state index in [1.807, 2.05) is 20.0 Å². The fourth-order valence-corrected chi connectivity index (χ4v) is 3.68. The SMILES string of the molecule is C=CCCC(=C)N.CNC1(SC(C)=N)CCc2ccccc21. The van der Waals surface area contributed by atoms with Crippen LogP contribution in [0.15, 0.2) is 49.2 Å². The number of fused-ring (bicyclic) bond motifs is 1. The van der Waals surface area contributed by atoms with Gasteiger partial charge in [0, 0.05) is 5.70 Å². The normalized spacial score (nSPS) is 18.8. The number of allylic oxidation sites excluding steroid dienone is 2. The van der Waals surface area contributed by atoms with Gasteiger partial charge in [-0.15, -0.1) is 6.58 Å². The maximum atomic E-state index is 7.65. The van der Waals surface area contributed by atoms with Crippen molar-refractivity contribution in [2.24, 2.45) is 5.73 Å². The first-order valence-electron chi connectivity index (χ1n) is 7.50. The molecule has 120 valence electrons. The third-order valence-corrected chi connectivity index (χ3v) is 4.88. The standard InChI is InChI=1S/C12H16N2S.C6H11N/c1-9(13)15-12(14-2)8-7-10-5-3-4-6-11(10)12;1-3-4-5-6(2)7/h3-6,13-14H,7-8H2,1-2H3;3H,1-2,4-5,7H2. The van der Waals surface area contributed by atoms with E-state index in [4.69, 9.17) is 11.1 Å². The lowest BCUT2D eigenvalue weighted by molar-refractivity contribution is 0.534. The Morgan fingerprint density at radius 2 is 2.18 bits per heavy atom. The van der Waals surface area contributed by atoms with Crippen LogP contribution in [0.2, 0.25) is 0 Å². The zero-order valence-corrected chi connectivity index (χ0v) is 14.4. The predicted molar refractivity (Wildman–Crippen MR) is 99.3 cm³/mol. The Morgan fingerprint density at radius 3 is 2.68 bits per heavy atom. The summed E-state index contributed by atoms with van der Waals surface area (Å²) in [5.74, 6) is 0. The molecular formula is C18H27N3S. The average Bonchev–Trinajstić information content (AvgIpc) is 2.85. The minimum atomic E-state index is -0.0670. The average molecular weight is 318 g/mol. The topological polar surface area (TPSA) is 61.9 Å². The molecule has 0 spiro atoms. The van der Waals surface area contributed by atoms with Crippen LogP contribution in [0.25, 0.3) is 0 Å². The maximum Gasteiger partial charge on any atom is 0.0962 e. The zero-order chi connectivity index (χ0) is 16.6. The van der Waals surface area contributed by atoms with Gasteiger partial charge in [-0.25, -0.2) is 0 Å². The number of nitrogens with one attached hydrogen (secondary N) is 2. The van der Waals surface area contributed by atoms with Gasteiger partial charge in [0.1, 0.15) is 0 Å². The number of aryl methyl sites for hydroxylation is 1. The summed E-state index contributed by atoms with van der Waals surface area (Å²) in [4.78, 5) is -0.0670. The highest BCUT2D eigenvalue weighted by Crippen LogP contribution is 2.45. The van der Waals surface area contributed by atoms with E-state index in [2.05, 4.69) is 42.7 Å². The van der Waals surface area contributed by atoms with Gasteiger partial charge in [0.15, 0.2) is 0 Å². The third kappa shape index (κ3) is 5.04. The van der Waals surface area contributed by atoms with Crippen LogP contribution in [-0.4, -0.2) is 12.1 Å². The van der Waals surface area contributed by atoms with Crippen molar-refractivity contribution < 1.29 is 0 Å². The molecule has 1 atom stereocenters. The molecule has 2 rings (SSSR count). The van der Waals surface area contributed by atoms with E-state index in [1.54, 1.807) is 11.8 Å². The minimum absolute atomic E-state index is 0.0670. The highest BCUT2D eigenvalue weighted by Gasteiger charge is 2.38. The number of hydrogen-bond donors (Lipinski definition) is 3. The molecular weight excluding hydrogens is 290 g/mol. The van der Waals surface area contributed by atoms with Crippen LogP contribution < -0.4 is 11.1 Å². The molecule has 0 aliphatic heterocycles. The Labute approximate surface area is 138 Å². The predicted octanol–water partition coefficient (Wildman–Crippen LogP) is 4.16. The first-order valence-corrected chi connectivity index (χ1v) is 8.32. The lowest BCUT2D eigenvalue weighted by Crippen LogP contribution is -2.35. The van der Waals surface area contributed by atoms with E-state index < -0.39 is 0 Å². The van der Waals surface area contributed by atoms with Crippen LogP contribution in [-0.2, 0) is 11.3 Å². The van der Waals surface area contributed by atoms with Crippen molar-refractivity contribution in [3.05, 3.63) is 60.3 Å². The molecule has 0 aromatic heterocycles. The molecule has 1 aromatic rings. The van der Waals surface area contributed by atoms with Crippen LogP contribution in [0, 0.1) is 5.41 Å². The molecule has 1 aliphatic rings. The second-order valence-electron chi connectivity index (χ2n) is 5.38. The van der Waals surface area contributed by atoms with E-state index in [9.17, 15) is 0 Å². The van der Waals surface area contributed by atoms with Crippen LogP contribution in [0.3, 0.4) is 0 Å². The molecule has 1 unspecified atom stereocenters. The van der Waals surface area contributed by atoms with Gasteiger partial charge in [-0.2, -0.15) is 0 Å². The smallest absolute Gasteiger partial charge is 0.0962 e. The van der Waals surface area contributed by atoms with E-state index >= 15 is 0 Å². The van der Waals surface area contributed by atoms with Crippen LogP contribution >= 0.6 is 11.8 Å². The van der Waals surface area contributed by atoms with Gasteiger partial charge >= 0.3 is 0 Å². The summed E-state index contributed by atoms with van der Waals surface area (Å²) < 4.78 is 0. The van der Waals surface area contributed by atoms with Gasteiger partial charge in [-0.05, 0) is 50.8 Å². The molecule has 22 heavy (non-hydrogen) atoms. The summed E-state index contributed by atoms with van der Waals surface area (Å²) in [6.07, 6.45) is 5.82. The van der Waals surface area contributed by atoms with E-state index in [-0.39, 0.29) is 4.87 Å². The Bertz CT molecular complexity index is 539. The van der Waals surface area contributed by atoms with Crippen molar-refractivity contribution in [3.63, 3.8) is 0 Å². The Morgan fingerprint density at radius 1 is 1.50 bits per heavy atom. The molecule has 4 heteroatoms. The summed E-state index contributed by atoms with van der Waals surface area (Å²) in [5, 5.41) is 11.7. The number of rotatable bonds is 5. The molecule has 0 amide bonds. The van der Waals surface area contributed by atoms with Gasteiger partial charge in [0.2, 0.25) is 0 Å². The highest BCUT2D eigenvalue weighted by atomic mass is 32.2. The molecule has 0 bridgehead atoms. The van der Waals surface area contributed by atoms with Crippen molar-refractivity contribution in [3.8, 4) is 0 Å². The summed E-state index contributed by atoms with van der Waals surface area (Å²) in [5.41, 5.74) is 8.74. The third-order valence-electron chi connectivity index (χ3n) is 3.60. The molecule has 1 aromatic carbocycles. The fraction of sp³-hybridized carbons (Fsp3) is 0.389. The molecule has 1 aliphatic carbocycles. The number of thioether (sulfide) groups is 1. The molecule has 0 heterocycles. The highest BCUT2D eigenvalue weighted by molar-refractivity contribution is 8.14. The van der Waals surface area contributed by atoms with Crippen molar-refractivity contribution >= 4 is 16.8 Å². The van der Waals surface area contributed by atoms with Gasteiger partial charge < -0.3 is 11.1 Å². The van der Waals surface area contributed by atoms with Crippen LogP contribution in [0.4, 0.5) is 0 Å². The van der Waals surface area contributed by atoms with E-state index in [1.165, 1.54) is 11.1 Å². The number of benzene rings is 1.